The van der Waals surface area contributed by atoms with Gasteiger partial charge in [0.05, 0.1) is 0 Å². The average Bonchev–Trinajstić information content (AvgIpc) is 2.53. The molecule has 0 atom stereocenters. The first kappa shape index (κ1) is 16.5. The van der Waals surface area contributed by atoms with Gasteiger partial charge in [-0.15, -0.1) is 0 Å². The zero-order valence-corrected chi connectivity index (χ0v) is 13.3. The fourth-order valence-electron chi connectivity index (χ4n) is 2.88. The molecule has 0 aliphatic carbocycles. The lowest BCUT2D eigenvalue weighted by atomic mass is 10.0. The molecule has 0 heterocycles. The molecular formula is C20H26O2. The lowest BCUT2D eigenvalue weighted by Crippen LogP contribution is -1.93. The van der Waals surface area contributed by atoms with Crippen LogP contribution >= 0.6 is 0 Å². The Balaban J connectivity index is 1.57. The Kier molecular flexibility index (Phi) is 6.95. The van der Waals surface area contributed by atoms with Crippen molar-refractivity contribution in [1.29, 1.82) is 0 Å². The molecule has 1 N–H and O–H groups in total. The Morgan fingerprint density at radius 1 is 0.773 bits per heavy atom. The van der Waals surface area contributed by atoms with E-state index in [0.717, 1.165) is 19.3 Å². The molecule has 0 radical (unpaired) electrons. The first-order valence-electron chi connectivity index (χ1n) is 8.45. The predicted molar refractivity (Wildman–Crippen MR) is 92.2 cm³/mol. The van der Waals surface area contributed by atoms with Crippen LogP contribution in [-0.4, -0.2) is 11.1 Å². The van der Waals surface area contributed by atoms with E-state index in [1.807, 2.05) is 0 Å². The molecule has 22 heavy (non-hydrogen) atoms. The molecule has 0 amide bonds. The van der Waals surface area contributed by atoms with Crippen LogP contribution in [0.4, 0.5) is 0 Å². The summed E-state index contributed by atoms with van der Waals surface area (Å²) in [4.78, 5) is 10.4. The van der Waals surface area contributed by atoms with Crippen molar-refractivity contribution in [3.8, 4) is 0 Å². The normalized spacial score (nSPS) is 10.9. The first-order valence-corrected chi connectivity index (χ1v) is 8.45. The Bertz CT molecular complexity index is 589. The smallest absolute Gasteiger partial charge is 0.303 e. The van der Waals surface area contributed by atoms with Gasteiger partial charge >= 0.3 is 5.97 Å². The number of aliphatic carboxylic acids is 1. The van der Waals surface area contributed by atoms with Crippen molar-refractivity contribution in [3.05, 3.63) is 48.0 Å². The van der Waals surface area contributed by atoms with Crippen LogP contribution in [0.2, 0.25) is 0 Å². The van der Waals surface area contributed by atoms with Crippen LogP contribution in [0, 0.1) is 0 Å². The van der Waals surface area contributed by atoms with Gasteiger partial charge in [0.2, 0.25) is 0 Å². The summed E-state index contributed by atoms with van der Waals surface area (Å²) in [5, 5.41) is 11.2. The molecule has 2 nitrogen and oxygen atoms in total. The second kappa shape index (κ2) is 9.24. The summed E-state index contributed by atoms with van der Waals surface area (Å²) in [5.74, 6) is -0.671. The number of rotatable bonds is 10. The highest BCUT2D eigenvalue weighted by molar-refractivity contribution is 5.82. The van der Waals surface area contributed by atoms with Crippen LogP contribution < -0.4 is 0 Å². The Labute approximate surface area is 133 Å². The van der Waals surface area contributed by atoms with Gasteiger partial charge in [-0.05, 0) is 35.6 Å². The summed E-state index contributed by atoms with van der Waals surface area (Å²) in [6.45, 7) is 0. The number of carbonyl (C=O) groups is 1. The molecule has 0 fully saturated rings. The third-order valence-electron chi connectivity index (χ3n) is 4.17. The highest BCUT2D eigenvalue weighted by atomic mass is 16.4. The van der Waals surface area contributed by atoms with E-state index in [-0.39, 0.29) is 0 Å². The van der Waals surface area contributed by atoms with Gasteiger partial charge in [-0.3, -0.25) is 4.79 Å². The third kappa shape index (κ3) is 5.88. The van der Waals surface area contributed by atoms with E-state index in [2.05, 4.69) is 42.5 Å². The largest absolute Gasteiger partial charge is 0.481 e. The maximum atomic E-state index is 10.4. The van der Waals surface area contributed by atoms with Crippen molar-refractivity contribution >= 4 is 16.7 Å². The van der Waals surface area contributed by atoms with Crippen LogP contribution in [0.3, 0.4) is 0 Å². The molecule has 118 valence electrons. The summed E-state index contributed by atoms with van der Waals surface area (Å²) in [7, 11) is 0. The zero-order valence-electron chi connectivity index (χ0n) is 13.3. The molecule has 0 saturated carbocycles. The summed E-state index contributed by atoms with van der Waals surface area (Å²) in [6, 6.07) is 15.3. The topological polar surface area (TPSA) is 37.3 Å². The molecule has 2 heteroatoms. The Morgan fingerprint density at radius 2 is 1.41 bits per heavy atom. The van der Waals surface area contributed by atoms with Gasteiger partial charge in [0, 0.05) is 6.42 Å². The van der Waals surface area contributed by atoms with E-state index >= 15 is 0 Å². The third-order valence-corrected chi connectivity index (χ3v) is 4.17. The van der Waals surface area contributed by atoms with E-state index in [9.17, 15) is 4.79 Å². The highest BCUT2D eigenvalue weighted by Crippen LogP contribution is 2.17. The molecule has 2 aromatic carbocycles. The van der Waals surface area contributed by atoms with Crippen molar-refractivity contribution in [3.63, 3.8) is 0 Å². The molecule has 2 aromatic rings. The van der Waals surface area contributed by atoms with Crippen LogP contribution in [0.5, 0.6) is 0 Å². The number of carboxylic acids is 1. The minimum absolute atomic E-state index is 0.321. The van der Waals surface area contributed by atoms with Crippen molar-refractivity contribution in [2.75, 3.05) is 0 Å². The maximum Gasteiger partial charge on any atom is 0.303 e. The van der Waals surface area contributed by atoms with E-state index < -0.39 is 5.97 Å². The van der Waals surface area contributed by atoms with Crippen molar-refractivity contribution in [2.45, 2.75) is 57.8 Å². The zero-order chi connectivity index (χ0) is 15.6. The van der Waals surface area contributed by atoms with Crippen LogP contribution in [0.25, 0.3) is 10.8 Å². The van der Waals surface area contributed by atoms with Gasteiger partial charge in [0.1, 0.15) is 0 Å². The first-order chi connectivity index (χ1) is 10.8. The number of hydrogen-bond donors (Lipinski definition) is 1. The molecule has 0 unspecified atom stereocenters. The minimum atomic E-state index is -0.671. The number of fused-ring (bicyclic) bond motifs is 1. The van der Waals surface area contributed by atoms with Gasteiger partial charge in [0.15, 0.2) is 0 Å². The second-order valence-electron chi connectivity index (χ2n) is 6.05. The van der Waals surface area contributed by atoms with Crippen LogP contribution in [-0.2, 0) is 11.2 Å². The lowest BCUT2D eigenvalue weighted by molar-refractivity contribution is -0.137. The number of carboxylic acid groups (broad SMARTS) is 1. The summed E-state index contributed by atoms with van der Waals surface area (Å²) in [6.07, 6.45) is 9.54. The van der Waals surface area contributed by atoms with Crippen LogP contribution in [0.1, 0.15) is 56.9 Å². The van der Waals surface area contributed by atoms with Gasteiger partial charge in [-0.25, -0.2) is 0 Å². The maximum absolute atomic E-state index is 10.4. The number of aryl methyl sites for hydroxylation is 1. The van der Waals surface area contributed by atoms with Gasteiger partial charge in [0.25, 0.3) is 0 Å². The Hall–Kier alpha value is -1.83. The average molecular weight is 298 g/mol. The molecule has 2 rings (SSSR count). The van der Waals surface area contributed by atoms with Crippen molar-refractivity contribution in [1.82, 2.24) is 0 Å². The molecule has 0 aromatic heterocycles. The van der Waals surface area contributed by atoms with Gasteiger partial charge < -0.3 is 5.11 Å². The molecular weight excluding hydrogens is 272 g/mol. The predicted octanol–water partition coefficient (Wildman–Crippen LogP) is 5.59. The van der Waals surface area contributed by atoms with Crippen molar-refractivity contribution < 1.29 is 9.90 Å². The summed E-state index contributed by atoms with van der Waals surface area (Å²) >= 11 is 0. The van der Waals surface area contributed by atoms with E-state index in [1.165, 1.54) is 48.4 Å². The molecule has 0 saturated heterocycles. The summed E-state index contributed by atoms with van der Waals surface area (Å²) in [5.41, 5.74) is 1.43. The van der Waals surface area contributed by atoms with E-state index in [4.69, 9.17) is 5.11 Å². The minimum Gasteiger partial charge on any atom is -0.481 e. The number of unbranched alkanes of at least 4 members (excludes halogenated alkanes) is 6. The van der Waals surface area contributed by atoms with Crippen molar-refractivity contribution in [2.24, 2.45) is 0 Å². The number of benzene rings is 2. The van der Waals surface area contributed by atoms with Gasteiger partial charge in [-0.1, -0.05) is 74.6 Å². The van der Waals surface area contributed by atoms with Gasteiger partial charge in [-0.2, -0.15) is 0 Å². The molecule has 0 spiro atoms. The SMILES string of the molecule is O=C(O)CCCCCCCCCc1ccc2ccccc2c1. The Morgan fingerprint density at radius 3 is 2.14 bits per heavy atom. The lowest BCUT2D eigenvalue weighted by Gasteiger charge is -2.04. The fourth-order valence-corrected chi connectivity index (χ4v) is 2.88. The number of hydrogen-bond acceptors (Lipinski definition) is 1. The van der Waals surface area contributed by atoms with E-state index in [1.54, 1.807) is 0 Å². The highest BCUT2D eigenvalue weighted by Gasteiger charge is 1.98. The quantitative estimate of drug-likeness (QED) is 0.581. The molecule has 0 aliphatic heterocycles. The van der Waals surface area contributed by atoms with Crippen LogP contribution in [0.15, 0.2) is 42.5 Å². The monoisotopic (exact) mass is 298 g/mol. The standard InChI is InChI=1S/C20H26O2/c21-20(22)13-7-5-3-1-2-4-6-10-17-14-15-18-11-8-9-12-19(18)16-17/h8-9,11-12,14-16H,1-7,10,13H2,(H,21,22). The molecule has 0 bridgehead atoms. The molecule has 0 aliphatic rings. The summed E-state index contributed by atoms with van der Waals surface area (Å²) < 4.78 is 0. The second-order valence-corrected chi connectivity index (χ2v) is 6.05. The van der Waals surface area contributed by atoms with E-state index in [0.29, 0.717) is 6.42 Å². The fraction of sp³-hybridized carbons (Fsp3) is 0.450.